The van der Waals surface area contributed by atoms with Gasteiger partial charge in [0.15, 0.2) is 0 Å². The van der Waals surface area contributed by atoms with Crippen LogP contribution < -0.4 is 0 Å². The number of alkyl halides is 1. The number of halogens is 2. The van der Waals surface area contributed by atoms with E-state index >= 15 is 0 Å². The van der Waals surface area contributed by atoms with Crippen LogP contribution in [0.5, 0.6) is 0 Å². The van der Waals surface area contributed by atoms with Crippen LogP contribution >= 0.6 is 34.2 Å². The lowest BCUT2D eigenvalue weighted by molar-refractivity contribution is 0.438. The highest BCUT2D eigenvalue weighted by Crippen LogP contribution is 2.34. The predicted octanol–water partition coefficient (Wildman–Crippen LogP) is 5.38. The second kappa shape index (κ2) is 5.84. The molecule has 0 amide bonds. The molecule has 1 saturated carbocycles. The number of fused-ring (bicyclic) bond motifs is 1. The SMILES string of the molecule is CC1CCC(Cn2c(C(C)Cl)nc3cc(I)ccc32)C1. The van der Waals surface area contributed by atoms with Gasteiger partial charge in [-0.1, -0.05) is 13.3 Å². The molecule has 2 nitrogen and oxygen atoms in total. The van der Waals surface area contributed by atoms with Crippen LogP contribution in [0.3, 0.4) is 0 Å². The Morgan fingerprint density at radius 3 is 2.90 bits per heavy atom. The second-order valence-corrected chi connectivity index (χ2v) is 8.01. The lowest BCUT2D eigenvalue weighted by atomic mass is 10.1. The van der Waals surface area contributed by atoms with Crippen molar-refractivity contribution in [1.82, 2.24) is 9.55 Å². The molecular weight excluding hydrogens is 383 g/mol. The lowest BCUT2D eigenvalue weighted by Gasteiger charge is -2.15. The Hall–Kier alpha value is -0.290. The first kappa shape index (κ1) is 14.6. The molecule has 1 aliphatic rings. The van der Waals surface area contributed by atoms with Gasteiger partial charge in [0, 0.05) is 10.1 Å². The van der Waals surface area contributed by atoms with Crippen molar-refractivity contribution in [2.24, 2.45) is 11.8 Å². The van der Waals surface area contributed by atoms with Gasteiger partial charge in [-0.05, 0) is 72.4 Å². The van der Waals surface area contributed by atoms with E-state index in [2.05, 4.69) is 52.3 Å². The quantitative estimate of drug-likeness (QED) is 0.498. The number of benzene rings is 1. The number of rotatable bonds is 3. The van der Waals surface area contributed by atoms with Crippen molar-refractivity contribution in [1.29, 1.82) is 0 Å². The Morgan fingerprint density at radius 1 is 1.45 bits per heavy atom. The van der Waals surface area contributed by atoms with Gasteiger partial charge in [-0.15, -0.1) is 11.6 Å². The highest BCUT2D eigenvalue weighted by Gasteiger charge is 2.24. The third kappa shape index (κ3) is 2.84. The van der Waals surface area contributed by atoms with Gasteiger partial charge in [-0.2, -0.15) is 0 Å². The molecule has 4 heteroatoms. The Labute approximate surface area is 139 Å². The number of nitrogens with zero attached hydrogens (tertiary/aromatic N) is 2. The van der Waals surface area contributed by atoms with Crippen LogP contribution in [0.15, 0.2) is 18.2 Å². The summed E-state index contributed by atoms with van der Waals surface area (Å²) < 4.78 is 3.58. The molecule has 0 bridgehead atoms. The zero-order chi connectivity index (χ0) is 14.3. The number of hydrogen-bond donors (Lipinski definition) is 0. The third-order valence-electron chi connectivity index (χ3n) is 4.34. The minimum absolute atomic E-state index is 0.0427. The summed E-state index contributed by atoms with van der Waals surface area (Å²) in [5.41, 5.74) is 2.30. The molecule has 1 aromatic carbocycles. The van der Waals surface area contributed by atoms with Gasteiger partial charge in [-0.25, -0.2) is 4.98 Å². The van der Waals surface area contributed by atoms with Gasteiger partial charge < -0.3 is 4.57 Å². The Balaban J connectivity index is 2.00. The topological polar surface area (TPSA) is 17.8 Å². The van der Waals surface area contributed by atoms with Gasteiger partial charge in [0.2, 0.25) is 0 Å². The summed E-state index contributed by atoms with van der Waals surface area (Å²) in [6.07, 6.45) is 4.03. The maximum atomic E-state index is 6.35. The van der Waals surface area contributed by atoms with Crippen molar-refractivity contribution in [2.75, 3.05) is 0 Å². The van der Waals surface area contributed by atoms with Crippen LogP contribution in [0, 0.1) is 15.4 Å². The summed E-state index contributed by atoms with van der Waals surface area (Å²) in [4.78, 5) is 4.76. The molecule has 2 aromatic rings. The molecule has 1 aliphatic carbocycles. The summed E-state index contributed by atoms with van der Waals surface area (Å²) in [6.45, 7) is 5.44. The highest BCUT2D eigenvalue weighted by atomic mass is 127. The molecule has 0 aliphatic heterocycles. The van der Waals surface area contributed by atoms with E-state index in [-0.39, 0.29) is 5.38 Å². The Morgan fingerprint density at radius 2 is 2.25 bits per heavy atom. The first-order valence-corrected chi connectivity index (χ1v) is 8.86. The molecule has 1 heterocycles. The minimum Gasteiger partial charge on any atom is -0.326 e. The smallest absolute Gasteiger partial charge is 0.127 e. The molecule has 0 saturated heterocycles. The molecule has 0 spiro atoms. The molecule has 0 radical (unpaired) electrons. The van der Waals surface area contributed by atoms with Gasteiger partial charge >= 0.3 is 0 Å². The van der Waals surface area contributed by atoms with Gasteiger partial charge in [0.1, 0.15) is 5.82 Å². The van der Waals surface area contributed by atoms with E-state index in [1.165, 1.54) is 28.3 Å². The van der Waals surface area contributed by atoms with Crippen LogP contribution in [-0.2, 0) is 6.54 Å². The summed E-state index contributed by atoms with van der Waals surface area (Å²) in [5, 5.41) is -0.0427. The van der Waals surface area contributed by atoms with Crippen molar-refractivity contribution in [3.63, 3.8) is 0 Å². The average molecular weight is 403 g/mol. The molecule has 20 heavy (non-hydrogen) atoms. The average Bonchev–Trinajstić information content (AvgIpc) is 2.94. The highest BCUT2D eigenvalue weighted by molar-refractivity contribution is 14.1. The fourth-order valence-corrected chi connectivity index (χ4v) is 4.01. The van der Waals surface area contributed by atoms with Crippen LogP contribution in [0.4, 0.5) is 0 Å². The molecule has 1 fully saturated rings. The maximum absolute atomic E-state index is 6.35. The largest absolute Gasteiger partial charge is 0.326 e. The standard InChI is InChI=1S/C16H20ClIN2/c1-10-3-4-12(7-10)9-20-15-6-5-13(18)8-14(15)19-16(20)11(2)17/h5-6,8,10-12H,3-4,7,9H2,1-2H3. The van der Waals surface area contributed by atoms with Crippen LogP contribution in [0.2, 0.25) is 0 Å². The fraction of sp³-hybridized carbons (Fsp3) is 0.562. The van der Waals surface area contributed by atoms with E-state index in [1.807, 2.05) is 6.92 Å². The molecule has 108 valence electrons. The zero-order valence-corrected chi connectivity index (χ0v) is 14.9. The normalized spacial score (nSPS) is 24.4. The molecule has 1 aromatic heterocycles. The van der Waals surface area contributed by atoms with Crippen LogP contribution in [-0.4, -0.2) is 9.55 Å². The van der Waals surface area contributed by atoms with Crippen molar-refractivity contribution < 1.29 is 0 Å². The maximum Gasteiger partial charge on any atom is 0.127 e. The first-order valence-electron chi connectivity index (χ1n) is 7.34. The van der Waals surface area contributed by atoms with E-state index in [9.17, 15) is 0 Å². The molecular formula is C16H20ClIN2. The number of aromatic nitrogens is 2. The van der Waals surface area contributed by atoms with E-state index in [0.29, 0.717) is 0 Å². The van der Waals surface area contributed by atoms with Crippen molar-refractivity contribution in [2.45, 2.75) is 45.0 Å². The minimum atomic E-state index is -0.0427. The fourth-order valence-electron chi connectivity index (χ4n) is 3.37. The molecule has 3 unspecified atom stereocenters. The van der Waals surface area contributed by atoms with Crippen molar-refractivity contribution in [3.8, 4) is 0 Å². The second-order valence-electron chi connectivity index (χ2n) is 6.11. The summed E-state index contributed by atoms with van der Waals surface area (Å²) >= 11 is 8.69. The zero-order valence-electron chi connectivity index (χ0n) is 11.9. The number of imidazole rings is 1. The summed E-state index contributed by atoms with van der Waals surface area (Å²) in [5.74, 6) is 2.66. The molecule has 0 N–H and O–H groups in total. The predicted molar refractivity (Wildman–Crippen MR) is 93.2 cm³/mol. The Kier molecular flexibility index (Phi) is 4.27. The van der Waals surface area contributed by atoms with Crippen molar-refractivity contribution in [3.05, 3.63) is 27.6 Å². The first-order chi connectivity index (χ1) is 9.54. The summed E-state index contributed by atoms with van der Waals surface area (Å²) in [7, 11) is 0. The van der Waals surface area contributed by atoms with E-state index in [0.717, 1.165) is 29.7 Å². The van der Waals surface area contributed by atoms with E-state index in [4.69, 9.17) is 16.6 Å². The Bertz CT molecular complexity index is 620. The van der Waals surface area contributed by atoms with Crippen LogP contribution in [0.25, 0.3) is 11.0 Å². The third-order valence-corrected chi connectivity index (χ3v) is 5.21. The van der Waals surface area contributed by atoms with Crippen molar-refractivity contribution >= 4 is 45.2 Å². The lowest BCUT2D eigenvalue weighted by Crippen LogP contribution is -2.11. The van der Waals surface area contributed by atoms with Gasteiger partial charge in [0.05, 0.1) is 16.4 Å². The molecule has 3 rings (SSSR count). The summed E-state index contributed by atoms with van der Waals surface area (Å²) in [6, 6.07) is 6.48. The molecule has 3 atom stereocenters. The van der Waals surface area contributed by atoms with E-state index in [1.54, 1.807) is 0 Å². The number of hydrogen-bond acceptors (Lipinski definition) is 1. The van der Waals surface area contributed by atoms with Crippen LogP contribution in [0.1, 0.15) is 44.3 Å². The van der Waals surface area contributed by atoms with Gasteiger partial charge in [-0.3, -0.25) is 0 Å². The van der Waals surface area contributed by atoms with E-state index < -0.39 is 0 Å². The monoisotopic (exact) mass is 402 g/mol. The van der Waals surface area contributed by atoms with Gasteiger partial charge in [0.25, 0.3) is 0 Å².